The molecular weight excluding hydrogens is 330 g/mol. The number of urea groups is 1. The summed E-state index contributed by atoms with van der Waals surface area (Å²) < 4.78 is 5.64. The van der Waals surface area contributed by atoms with Gasteiger partial charge in [-0.25, -0.2) is 4.79 Å². The van der Waals surface area contributed by atoms with Crippen molar-refractivity contribution in [2.45, 2.75) is 52.2 Å². The molecule has 0 radical (unpaired) electrons. The van der Waals surface area contributed by atoms with Gasteiger partial charge in [0.2, 0.25) is 0 Å². The Kier molecular flexibility index (Phi) is 6.89. The Balaban J connectivity index is 1.69. The highest BCUT2D eigenvalue weighted by molar-refractivity contribution is 5.80. The summed E-state index contributed by atoms with van der Waals surface area (Å²) in [6.45, 7) is 9.75. The van der Waals surface area contributed by atoms with E-state index in [2.05, 4.69) is 10.6 Å². The van der Waals surface area contributed by atoms with Crippen LogP contribution in [0.25, 0.3) is 0 Å². The molecule has 0 aromatic heterocycles. The molecule has 0 unspecified atom stereocenters. The second-order valence-electron chi connectivity index (χ2n) is 7.93. The molecule has 0 aliphatic carbocycles. The van der Waals surface area contributed by atoms with Gasteiger partial charge in [0.15, 0.2) is 6.10 Å². The lowest BCUT2D eigenvalue weighted by Gasteiger charge is -2.34. The van der Waals surface area contributed by atoms with Gasteiger partial charge in [-0.05, 0) is 58.6 Å². The van der Waals surface area contributed by atoms with Crippen LogP contribution in [0.4, 0.5) is 4.79 Å². The third kappa shape index (κ3) is 6.58. The van der Waals surface area contributed by atoms with Gasteiger partial charge in [0.1, 0.15) is 5.75 Å². The van der Waals surface area contributed by atoms with Gasteiger partial charge >= 0.3 is 6.03 Å². The molecule has 26 heavy (non-hydrogen) atoms. The first-order chi connectivity index (χ1) is 12.2. The number of para-hydroxylation sites is 1. The van der Waals surface area contributed by atoms with Crippen LogP contribution in [0, 0.1) is 5.92 Å². The summed E-state index contributed by atoms with van der Waals surface area (Å²) in [5, 5.41) is 5.96. The predicted molar refractivity (Wildman–Crippen MR) is 102 cm³/mol. The number of benzene rings is 1. The molecular formula is C20H31N3O3. The maximum absolute atomic E-state index is 12.2. The van der Waals surface area contributed by atoms with Crippen molar-refractivity contribution in [2.75, 3.05) is 19.6 Å². The second-order valence-corrected chi connectivity index (χ2v) is 7.93. The largest absolute Gasteiger partial charge is 0.481 e. The highest BCUT2D eigenvalue weighted by Gasteiger charge is 2.26. The van der Waals surface area contributed by atoms with Crippen molar-refractivity contribution >= 4 is 11.9 Å². The highest BCUT2D eigenvalue weighted by Crippen LogP contribution is 2.17. The van der Waals surface area contributed by atoms with Crippen LogP contribution in [0.3, 0.4) is 0 Å². The van der Waals surface area contributed by atoms with Crippen LogP contribution >= 0.6 is 0 Å². The Morgan fingerprint density at radius 1 is 1.19 bits per heavy atom. The number of carbonyl (C=O) groups excluding carboxylic acids is 2. The lowest BCUT2D eigenvalue weighted by molar-refractivity contribution is -0.127. The zero-order valence-corrected chi connectivity index (χ0v) is 16.2. The number of hydrogen-bond acceptors (Lipinski definition) is 3. The normalized spacial score (nSPS) is 16.7. The molecule has 2 N–H and O–H groups in total. The van der Waals surface area contributed by atoms with Crippen molar-refractivity contribution in [3.8, 4) is 5.75 Å². The number of piperidine rings is 1. The number of carbonyl (C=O) groups is 2. The molecule has 1 fully saturated rings. The van der Waals surface area contributed by atoms with Crippen molar-refractivity contribution in [3.05, 3.63) is 30.3 Å². The maximum atomic E-state index is 12.2. The third-order valence-electron chi connectivity index (χ3n) is 4.37. The molecule has 1 aliphatic heterocycles. The Morgan fingerprint density at radius 3 is 2.38 bits per heavy atom. The molecule has 1 heterocycles. The Bertz CT molecular complexity index is 590. The second kappa shape index (κ2) is 8.92. The number of likely N-dealkylation sites (tertiary alicyclic amines) is 1. The number of ether oxygens (including phenoxy) is 1. The topological polar surface area (TPSA) is 70.7 Å². The van der Waals surface area contributed by atoms with E-state index in [-0.39, 0.29) is 17.5 Å². The van der Waals surface area contributed by atoms with E-state index < -0.39 is 6.10 Å². The van der Waals surface area contributed by atoms with E-state index in [1.54, 1.807) is 6.92 Å². The fourth-order valence-electron chi connectivity index (χ4n) is 2.89. The van der Waals surface area contributed by atoms with E-state index in [1.165, 1.54) is 0 Å². The van der Waals surface area contributed by atoms with E-state index in [0.717, 1.165) is 25.9 Å². The van der Waals surface area contributed by atoms with Gasteiger partial charge in [-0.2, -0.15) is 0 Å². The number of hydrogen-bond donors (Lipinski definition) is 2. The van der Waals surface area contributed by atoms with E-state index in [9.17, 15) is 9.59 Å². The molecule has 1 atom stereocenters. The summed E-state index contributed by atoms with van der Waals surface area (Å²) in [7, 11) is 0. The van der Waals surface area contributed by atoms with Crippen molar-refractivity contribution in [3.63, 3.8) is 0 Å². The zero-order valence-electron chi connectivity index (χ0n) is 16.2. The SMILES string of the molecule is C[C@@H](Oc1ccccc1)C(=O)NCC1CCN(C(=O)NC(C)(C)C)CC1. The fourth-order valence-corrected chi connectivity index (χ4v) is 2.89. The van der Waals surface area contributed by atoms with E-state index in [0.29, 0.717) is 18.2 Å². The molecule has 1 aromatic carbocycles. The first-order valence-corrected chi connectivity index (χ1v) is 9.31. The van der Waals surface area contributed by atoms with Gasteiger partial charge < -0.3 is 20.3 Å². The molecule has 0 saturated carbocycles. The fraction of sp³-hybridized carbons (Fsp3) is 0.600. The van der Waals surface area contributed by atoms with Crippen LogP contribution in [-0.2, 0) is 4.79 Å². The highest BCUT2D eigenvalue weighted by atomic mass is 16.5. The van der Waals surface area contributed by atoms with Crippen molar-refractivity contribution in [2.24, 2.45) is 5.92 Å². The average molecular weight is 361 g/mol. The molecule has 3 amide bonds. The van der Waals surface area contributed by atoms with Gasteiger partial charge in [-0.3, -0.25) is 4.79 Å². The molecule has 2 rings (SSSR count). The van der Waals surface area contributed by atoms with E-state index in [4.69, 9.17) is 4.74 Å². The zero-order chi connectivity index (χ0) is 19.2. The molecule has 1 aliphatic rings. The van der Waals surface area contributed by atoms with Gasteiger partial charge in [-0.15, -0.1) is 0 Å². The third-order valence-corrected chi connectivity index (χ3v) is 4.37. The smallest absolute Gasteiger partial charge is 0.317 e. The van der Waals surface area contributed by atoms with Gasteiger partial charge in [0.25, 0.3) is 5.91 Å². The van der Waals surface area contributed by atoms with Gasteiger partial charge in [0, 0.05) is 25.2 Å². The molecule has 6 heteroatoms. The van der Waals surface area contributed by atoms with Crippen molar-refractivity contribution in [1.29, 1.82) is 0 Å². The predicted octanol–water partition coefficient (Wildman–Crippen LogP) is 2.79. The summed E-state index contributed by atoms with van der Waals surface area (Å²) in [6.07, 6.45) is 1.26. The summed E-state index contributed by atoms with van der Waals surface area (Å²) in [5.74, 6) is 0.969. The molecule has 1 saturated heterocycles. The number of nitrogens with zero attached hydrogens (tertiary/aromatic N) is 1. The standard InChI is InChI=1S/C20H31N3O3/c1-15(26-17-8-6-5-7-9-17)18(24)21-14-16-10-12-23(13-11-16)19(25)22-20(2,3)4/h5-9,15-16H,10-14H2,1-4H3,(H,21,24)(H,22,25)/t15-/m1/s1. The molecule has 144 valence electrons. The summed E-state index contributed by atoms with van der Waals surface area (Å²) in [5.41, 5.74) is -0.225. The van der Waals surface area contributed by atoms with Crippen LogP contribution < -0.4 is 15.4 Å². The van der Waals surface area contributed by atoms with Gasteiger partial charge in [-0.1, -0.05) is 18.2 Å². The number of amides is 3. The Labute approximate surface area is 156 Å². The number of rotatable bonds is 5. The first kappa shape index (κ1) is 20.1. The van der Waals surface area contributed by atoms with Crippen LogP contribution in [0.15, 0.2) is 30.3 Å². The van der Waals surface area contributed by atoms with Gasteiger partial charge in [0.05, 0.1) is 0 Å². The average Bonchev–Trinajstić information content (AvgIpc) is 2.59. The van der Waals surface area contributed by atoms with E-state index in [1.807, 2.05) is 56.0 Å². The summed E-state index contributed by atoms with van der Waals surface area (Å²) in [6, 6.07) is 9.33. The summed E-state index contributed by atoms with van der Waals surface area (Å²) >= 11 is 0. The summed E-state index contributed by atoms with van der Waals surface area (Å²) in [4.78, 5) is 26.2. The maximum Gasteiger partial charge on any atom is 0.317 e. The monoisotopic (exact) mass is 361 g/mol. The van der Waals surface area contributed by atoms with Crippen LogP contribution in [-0.4, -0.2) is 48.1 Å². The van der Waals surface area contributed by atoms with E-state index >= 15 is 0 Å². The molecule has 0 bridgehead atoms. The van der Waals surface area contributed by atoms with Crippen molar-refractivity contribution < 1.29 is 14.3 Å². The van der Waals surface area contributed by atoms with Crippen molar-refractivity contribution in [1.82, 2.24) is 15.5 Å². The quantitative estimate of drug-likeness (QED) is 0.847. The molecule has 6 nitrogen and oxygen atoms in total. The molecule has 1 aromatic rings. The Morgan fingerprint density at radius 2 is 1.81 bits per heavy atom. The number of nitrogens with one attached hydrogen (secondary N) is 2. The Hall–Kier alpha value is -2.24. The first-order valence-electron chi connectivity index (χ1n) is 9.31. The minimum Gasteiger partial charge on any atom is -0.481 e. The van der Waals surface area contributed by atoms with Crippen LogP contribution in [0.5, 0.6) is 5.75 Å². The van der Waals surface area contributed by atoms with Crippen LogP contribution in [0.1, 0.15) is 40.5 Å². The minimum atomic E-state index is -0.532. The minimum absolute atomic E-state index is 0.00938. The van der Waals surface area contributed by atoms with Crippen LogP contribution in [0.2, 0.25) is 0 Å². The lowest BCUT2D eigenvalue weighted by Crippen LogP contribution is -2.51. The lowest BCUT2D eigenvalue weighted by atomic mass is 9.97. The molecule has 0 spiro atoms.